The van der Waals surface area contributed by atoms with Crippen molar-refractivity contribution in [3.05, 3.63) is 59.9 Å². The summed E-state index contributed by atoms with van der Waals surface area (Å²) in [5.74, 6) is 1.63. The van der Waals surface area contributed by atoms with Crippen molar-refractivity contribution in [3.63, 3.8) is 0 Å². The number of aromatic amines is 1. The smallest absolute Gasteiger partial charge is 0.233 e. The highest BCUT2D eigenvalue weighted by Gasteiger charge is 2.44. The minimum atomic E-state index is -0.495. The molecule has 6 heteroatoms. The van der Waals surface area contributed by atoms with Crippen molar-refractivity contribution in [1.82, 2.24) is 14.9 Å². The van der Waals surface area contributed by atoms with Gasteiger partial charge in [-0.25, -0.2) is 4.98 Å². The van der Waals surface area contributed by atoms with Crippen molar-refractivity contribution in [3.8, 4) is 5.75 Å². The van der Waals surface area contributed by atoms with Gasteiger partial charge in [0.05, 0.1) is 12.5 Å². The van der Waals surface area contributed by atoms with E-state index in [4.69, 9.17) is 14.5 Å². The SMILES string of the molecule is COc1ccc(C2(C(=O)N3CCCC(Cc4ccc5cc[nH]c5n4)CC3)CCOCC2)cc1. The van der Waals surface area contributed by atoms with Gasteiger partial charge in [-0.2, -0.15) is 0 Å². The molecule has 33 heavy (non-hydrogen) atoms. The van der Waals surface area contributed by atoms with Gasteiger partial charge in [0.1, 0.15) is 11.4 Å². The van der Waals surface area contributed by atoms with Gasteiger partial charge >= 0.3 is 0 Å². The zero-order chi connectivity index (χ0) is 22.7. The lowest BCUT2D eigenvalue weighted by atomic mass is 9.73. The number of carbonyl (C=O) groups is 1. The molecule has 1 N–H and O–H groups in total. The number of hydrogen-bond donors (Lipinski definition) is 1. The average Bonchev–Trinajstić information content (AvgIpc) is 3.21. The summed E-state index contributed by atoms with van der Waals surface area (Å²) < 4.78 is 11.0. The normalized spacial score (nSPS) is 21.0. The van der Waals surface area contributed by atoms with Crippen LogP contribution < -0.4 is 4.74 Å². The number of likely N-dealkylation sites (tertiary alicyclic amines) is 1. The quantitative estimate of drug-likeness (QED) is 0.626. The number of amides is 1. The number of hydrogen-bond acceptors (Lipinski definition) is 4. The van der Waals surface area contributed by atoms with Crippen molar-refractivity contribution < 1.29 is 14.3 Å². The molecule has 0 bridgehead atoms. The molecule has 2 saturated heterocycles. The van der Waals surface area contributed by atoms with Gasteiger partial charge in [-0.05, 0) is 80.3 Å². The van der Waals surface area contributed by atoms with Crippen LogP contribution in [0.4, 0.5) is 0 Å². The Bertz CT molecular complexity index is 1090. The van der Waals surface area contributed by atoms with Gasteiger partial charge in [0.25, 0.3) is 0 Å². The summed E-state index contributed by atoms with van der Waals surface area (Å²) in [6.45, 7) is 2.90. The van der Waals surface area contributed by atoms with E-state index in [2.05, 4.69) is 40.2 Å². The molecular formula is C27H33N3O3. The van der Waals surface area contributed by atoms with Crippen LogP contribution >= 0.6 is 0 Å². The second kappa shape index (κ2) is 9.56. The lowest BCUT2D eigenvalue weighted by Gasteiger charge is -2.40. The van der Waals surface area contributed by atoms with Crippen molar-refractivity contribution >= 4 is 16.9 Å². The van der Waals surface area contributed by atoms with Gasteiger partial charge in [0.15, 0.2) is 0 Å². The van der Waals surface area contributed by atoms with E-state index in [1.165, 1.54) is 0 Å². The molecule has 0 aliphatic carbocycles. The van der Waals surface area contributed by atoms with Crippen molar-refractivity contribution in [2.75, 3.05) is 33.4 Å². The van der Waals surface area contributed by atoms with E-state index < -0.39 is 5.41 Å². The number of pyridine rings is 1. The lowest BCUT2D eigenvalue weighted by Crippen LogP contribution is -2.50. The number of nitrogens with zero attached hydrogens (tertiary/aromatic N) is 2. The van der Waals surface area contributed by atoms with E-state index in [1.807, 2.05) is 18.3 Å². The predicted octanol–water partition coefficient (Wildman–Crippen LogP) is 4.49. The molecule has 1 aromatic carbocycles. The fourth-order valence-corrected chi connectivity index (χ4v) is 5.51. The number of benzene rings is 1. The fourth-order valence-electron chi connectivity index (χ4n) is 5.51. The number of methoxy groups -OCH3 is 1. The summed E-state index contributed by atoms with van der Waals surface area (Å²) in [7, 11) is 1.67. The molecule has 2 aliphatic heterocycles. The lowest BCUT2D eigenvalue weighted by molar-refractivity contribution is -0.141. The van der Waals surface area contributed by atoms with Gasteiger partial charge in [-0.15, -0.1) is 0 Å². The van der Waals surface area contributed by atoms with Crippen LogP contribution in [0.25, 0.3) is 11.0 Å². The van der Waals surface area contributed by atoms with Gasteiger partial charge in [0, 0.05) is 43.6 Å². The van der Waals surface area contributed by atoms with Crippen molar-refractivity contribution in [2.45, 2.75) is 43.9 Å². The second-order valence-corrected chi connectivity index (χ2v) is 9.43. The Labute approximate surface area is 195 Å². The maximum atomic E-state index is 14.0. The van der Waals surface area contributed by atoms with Gasteiger partial charge in [0.2, 0.25) is 5.91 Å². The topological polar surface area (TPSA) is 67.5 Å². The third-order valence-electron chi connectivity index (χ3n) is 7.50. The number of ether oxygens (including phenoxy) is 2. The van der Waals surface area contributed by atoms with Crippen LogP contribution in [0.1, 0.15) is 43.4 Å². The first-order valence-corrected chi connectivity index (χ1v) is 12.1. The van der Waals surface area contributed by atoms with Crippen molar-refractivity contribution in [1.29, 1.82) is 0 Å². The zero-order valence-electron chi connectivity index (χ0n) is 19.4. The van der Waals surface area contributed by atoms with Gasteiger partial charge < -0.3 is 19.4 Å². The molecule has 2 aromatic heterocycles. The van der Waals surface area contributed by atoms with Crippen LogP contribution in [0.3, 0.4) is 0 Å². The molecule has 4 heterocycles. The number of nitrogens with one attached hydrogen (secondary N) is 1. The summed E-state index contributed by atoms with van der Waals surface area (Å²) in [5, 5.41) is 1.15. The molecule has 174 valence electrons. The summed E-state index contributed by atoms with van der Waals surface area (Å²) in [5.41, 5.74) is 2.68. The molecule has 2 fully saturated rings. The number of aromatic nitrogens is 2. The minimum Gasteiger partial charge on any atom is -0.497 e. The molecule has 1 atom stereocenters. The van der Waals surface area contributed by atoms with Gasteiger partial charge in [-0.3, -0.25) is 4.79 Å². The van der Waals surface area contributed by atoms with Crippen LogP contribution in [0.2, 0.25) is 0 Å². The van der Waals surface area contributed by atoms with Crippen LogP contribution in [0.15, 0.2) is 48.7 Å². The van der Waals surface area contributed by atoms with E-state index in [-0.39, 0.29) is 5.91 Å². The Morgan fingerprint density at radius 2 is 1.94 bits per heavy atom. The highest BCUT2D eigenvalue weighted by molar-refractivity contribution is 5.88. The number of rotatable bonds is 5. The highest BCUT2D eigenvalue weighted by Crippen LogP contribution is 2.38. The van der Waals surface area contributed by atoms with E-state index in [9.17, 15) is 4.79 Å². The molecule has 0 radical (unpaired) electrons. The Balaban J connectivity index is 1.29. The largest absolute Gasteiger partial charge is 0.497 e. The highest BCUT2D eigenvalue weighted by atomic mass is 16.5. The molecular weight excluding hydrogens is 414 g/mol. The van der Waals surface area contributed by atoms with E-state index in [1.54, 1.807) is 7.11 Å². The predicted molar refractivity (Wildman–Crippen MR) is 128 cm³/mol. The maximum absolute atomic E-state index is 14.0. The zero-order valence-corrected chi connectivity index (χ0v) is 19.4. The first kappa shape index (κ1) is 22.0. The van der Waals surface area contributed by atoms with Crippen LogP contribution in [0, 0.1) is 5.92 Å². The Morgan fingerprint density at radius 3 is 2.73 bits per heavy atom. The summed E-state index contributed by atoms with van der Waals surface area (Å²) in [4.78, 5) is 24.1. The van der Waals surface area contributed by atoms with Crippen LogP contribution in [-0.4, -0.2) is 54.2 Å². The molecule has 0 saturated carbocycles. The molecule has 3 aromatic rings. The Morgan fingerprint density at radius 1 is 1.12 bits per heavy atom. The third kappa shape index (κ3) is 4.49. The first-order valence-electron chi connectivity index (χ1n) is 12.1. The summed E-state index contributed by atoms with van der Waals surface area (Å²) in [6, 6.07) is 14.4. The van der Waals surface area contributed by atoms with Crippen LogP contribution in [0.5, 0.6) is 5.75 Å². The summed E-state index contributed by atoms with van der Waals surface area (Å²) >= 11 is 0. The van der Waals surface area contributed by atoms with E-state index in [0.29, 0.717) is 19.1 Å². The standard InChI is InChI=1S/C27H33N3O3/c1-32-24-8-5-22(6-9-24)27(12-17-33-18-13-27)26(31)30-15-2-3-20(11-16-30)19-23-7-4-21-10-14-28-25(21)29-23/h4-10,14,20H,2-3,11-13,15-19H2,1H3,(H,28,29). The van der Waals surface area contributed by atoms with Crippen molar-refractivity contribution in [2.24, 2.45) is 5.92 Å². The first-order chi connectivity index (χ1) is 16.2. The number of carbonyl (C=O) groups excluding carboxylic acids is 1. The summed E-state index contributed by atoms with van der Waals surface area (Å²) in [6.07, 6.45) is 7.56. The Hall–Kier alpha value is -2.86. The second-order valence-electron chi connectivity index (χ2n) is 9.43. The van der Waals surface area contributed by atoms with E-state index in [0.717, 1.165) is 79.7 Å². The maximum Gasteiger partial charge on any atom is 0.233 e. The molecule has 6 nitrogen and oxygen atoms in total. The van der Waals surface area contributed by atoms with Gasteiger partial charge in [-0.1, -0.05) is 12.1 Å². The monoisotopic (exact) mass is 447 g/mol. The molecule has 1 amide bonds. The fraction of sp³-hybridized carbons (Fsp3) is 0.481. The van der Waals surface area contributed by atoms with E-state index >= 15 is 0 Å². The third-order valence-corrected chi connectivity index (χ3v) is 7.50. The molecule has 2 aliphatic rings. The van der Waals surface area contributed by atoms with Crippen LogP contribution in [-0.2, 0) is 21.4 Å². The molecule has 1 unspecified atom stereocenters. The number of H-pyrrole nitrogens is 1. The number of fused-ring (bicyclic) bond motifs is 1. The molecule has 5 rings (SSSR count). The average molecular weight is 448 g/mol. The molecule has 0 spiro atoms. The Kier molecular flexibility index (Phi) is 6.36. The minimum absolute atomic E-state index is 0.266.